The molecule has 5 nitrogen and oxygen atoms in total. The predicted molar refractivity (Wildman–Crippen MR) is 92.5 cm³/mol. The number of aromatic nitrogens is 2. The van der Waals surface area contributed by atoms with E-state index in [1.54, 1.807) is 30.3 Å². The van der Waals surface area contributed by atoms with Gasteiger partial charge in [0.2, 0.25) is 11.6 Å². The number of hydrogen-bond donors (Lipinski definition) is 1. The van der Waals surface area contributed by atoms with Crippen molar-refractivity contribution in [2.75, 3.05) is 0 Å². The average molecular weight is 348 g/mol. The van der Waals surface area contributed by atoms with Crippen molar-refractivity contribution in [2.24, 2.45) is 0 Å². The van der Waals surface area contributed by atoms with Crippen molar-refractivity contribution in [1.82, 2.24) is 9.97 Å². The molecule has 0 unspecified atom stereocenters. The molecule has 0 aliphatic rings. The number of benzene rings is 2. The van der Waals surface area contributed by atoms with Crippen molar-refractivity contribution in [1.29, 1.82) is 0 Å². The third-order valence-corrected chi connectivity index (χ3v) is 4.02. The Hall–Kier alpha value is -3.54. The molecule has 2 heterocycles. The van der Waals surface area contributed by atoms with Gasteiger partial charge in [0.05, 0.1) is 5.39 Å². The molecular formula is C20H13FN2O3. The van der Waals surface area contributed by atoms with Gasteiger partial charge in [0.25, 0.3) is 5.78 Å². The molecular weight excluding hydrogens is 335 g/mol. The van der Waals surface area contributed by atoms with Gasteiger partial charge < -0.3 is 9.52 Å². The number of hydrogen-bond acceptors (Lipinski definition) is 5. The molecule has 128 valence electrons. The van der Waals surface area contributed by atoms with Crippen LogP contribution in [0.4, 0.5) is 4.39 Å². The summed E-state index contributed by atoms with van der Waals surface area (Å²) in [6, 6.07) is 13.1. The van der Waals surface area contributed by atoms with Crippen molar-refractivity contribution in [2.45, 2.75) is 6.42 Å². The molecule has 2 aromatic heterocycles. The zero-order chi connectivity index (χ0) is 18.1. The van der Waals surface area contributed by atoms with Crippen LogP contribution in [-0.4, -0.2) is 20.9 Å². The Morgan fingerprint density at radius 2 is 1.73 bits per heavy atom. The second kappa shape index (κ2) is 6.40. The highest BCUT2D eigenvalue weighted by atomic mass is 19.1. The first-order valence-corrected chi connectivity index (χ1v) is 7.92. The van der Waals surface area contributed by atoms with E-state index >= 15 is 0 Å². The Balaban J connectivity index is 1.69. The molecule has 1 N–H and O–H groups in total. The van der Waals surface area contributed by atoms with Gasteiger partial charge in [-0.15, -0.1) is 0 Å². The SMILES string of the molecule is O=C(c1ncccn1)c1oc2ccc(Cc3ccc(F)cc3)cc2c1O. The van der Waals surface area contributed by atoms with Gasteiger partial charge in [0, 0.05) is 12.4 Å². The highest BCUT2D eigenvalue weighted by Crippen LogP contribution is 2.34. The molecule has 0 saturated carbocycles. The third kappa shape index (κ3) is 2.93. The number of rotatable bonds is 4. The van der Waals surface area contributed by atoms with Crippen LogP contribution in [0.2, 0.25) is 0 Å². The van der Waals surface area contributed by atoms with E-state index in [-0.39, 0.29) is 23.2 Å². The molecule has 2 aromatic carbocycles. The predicted octanol–water partition coefficient (Wildman–Crippen LogP) is 3.89. The van der Waals surface area contributed by atoms with E-state index in [9.17, 15) is 14.3 Å². The largest absolute Gasteiger partial charge is 0.504 e. The molecule has 0 bridgehead atoms. The summed E-state index contributed by atoms with van der Waals surface area (Å²) in [7, 11) is 0. The van der Waals surface area contributed by atoms with E-state index in [0.717, 1.165) is 11.1 Å². The number of aromatic hydroxyl groups is 1. The molecule has 26 heavy (non-hydrogen) atoms. The summed E-state index contributed by atoms with van der Waals surface area (Å²) >= 11 is 0. The maximum Gasteiger partial charge on any atom is 0.269 e. The zero-order valence-electron chi connectivity index (χ0n) is 13.5. The zero-order valence-corrected chi connectivity index (χ0v) is 13.5. The van der Waals surface area contributed by atoms with E-state index in [2.05, 4.69) is 9.97 Å². The Labute approximate surface area is 147 Å². The molecule has 0 radical (unpaired) electrons. The first-order valence-electron chi connectivity index (χ1n) is 7.92. The first kappa shape index (κ1) is 16.0. The van der Waals surface area contributed by atoms with E-state index in [1.165, 1.54) is 24.5 Å². The third-order valence-electron chi connectivity index (χ3n) is 4.02. The topological polar surface area (TPSA) is 76.2 Å². The van der Waals surface area contributed by atoms with Crippen molar-refractivity contribution in [3.8, 4) is 5.75 Å². The molecule has 0 atom stereocenters. The fourth-order valence-corrected chi connectivity index (χ4v) is 2.75. The lowest BCUT2D eigenvalue weighted by Crippen LogP contribution is -2.05. The van der Waals surface area contributed by atoms with Crippen LogP contribution < -0.4 is 0 Å². The van der Waals surface area contributed by atoms with Gasteiger partial charge in [-0.25, -0.2) is 14.4 Å². The molecule has 0 aliphatic heterocycles. The van der Waals surface area contributed by atoms with Crippen molar-refractivity contribution < 1.29 is 18.7 Å². The summed E-state index contributed by atoms with van der Waals surface area (Å²) < 4.78 is 18.5. The molecule has 4 aromatic rings. The monoisotopic (exact) mass is 348 g/mol. The van der Waals surface area contributed by atoms with Gasteiger partial charge >= 0.3 is 0 Å². The minimum absolute atomic E-state index is 0.0478. The van der Waals surface area contributed by atoms with Crippen molar-refractivity contribution in [3.05, 3.63) is 89.5 Å². The Morgan fingerprint density at radius 1 is 1.04 bits per heavy atom. The van der Waals surface area contributed by atoms with Gasteiger partial charge in [0.1, 0.15) is 11.4 Å². The molecule has 0 spiro atoms. The quantitative estimate of drug-likeness (QED) is 0.566. The number of carbonyl (C=O) groups is 1. The number of nitrogens with zero attached hydrogens (tertiary/aromatic N) is 2. The summed E-state index contributed by atoms with van der Waals surface area (Å²) in [6.07, 6.45) is 3.45. The van der Waals surface area contributed by atoms with E-state index in [1.807, 2.05) is 6.07 Å². The summed E-state index contributed by atoms with van der Waals surface area (Å²) in [5.74, 6) is -1.35. The van der Waals surface area contributed by atoms with Crippen LogP contribution in [0.1, 0.15) is 27.5 Å². The molecule has 4 rings (SSSR count). The molecule has 0 fully saturated rings. The van der Waals surface area contributed by atoms with Crippen LogP contribution in [-0.2, 0) is 6.42 Å². The number of furan rings is 1. The normalized spacial score (nSPS) is 11.0. The van der Waals surface area contributed by atoms with Gasteiger partial charge in [0.15, 0.2) is 5.75 Å². The van der Waals surface area contributed by atoms with Gasteiger partial charge in [-0.05, 0) is 47.9 Å². The lowest BCUT2D eigenvalue weighted by atomic mass is 10.0. The first-order chi connectivity index (χ1) is 12.6. The maximum atomic E-state index is 13.0. The number of halogens is 1. The summed E-state index contributed by atoms with van der Waals surface area (Å²) in [5, 5.41) is 10.9. The Kier molecular flexibility index (Phi) is 3.93. The molecule has 6 heteroatoms. The summed E-state index contributed by atoms with van der Waals surface area (Å²) in [5.41, 5.74) is 2.22. The van der Waals surface area contributed by atoms with Gasteiger partial charge in [-0.2, -0.15) is 0 Å². The minimum atomic E-state index is -0.584. The Bertz CT molecular complexity index is 1090. The van der Waals surface area contributed by atoms with E-state index in [0.29, 0.717) is 17.4 Å². The summed E-state index contributed by atoms with van der Waals surface area (Å²) in [6.45, 7) is 0. The highest BCUT2D eigenvalue weighted by Gasteiger charge is 2.23. The second-order valence-corrected chi connectivity index (χ2v) is 5.82. The number of fused-ring (bicyclic) bond motifs is 1. The van der Waals surface area contributed by atoms with E-state index < -0.39 is 5.78 Å². The van der Waals surface area contributed by atoms with Crippen LogP contribution in [0.15, 0.2) is 65.3 Å². The minimum Gasteiger partial charge on any atom is -0.504 e. The van der Waals surface area contributed by atoms with E-state index in [4.69, 9.17) is 4.42 Å². The molecule has 0 amide bonds. The van der Waals surface area contributed by atoms with Crippen molar-refractivity contribution >= 4 is 16.8 Å². The fourth-order valence-electron chi connectivity index (χ4n) is 2.75. The van der Waals surface area contributed by atoms with Crippen LogP contribution in [0, 0.1) is 5.82 Å². The van der Waals surface area contributed by atoms with Gasteiger partial charge in [-0.3, -0.25) is 4.79 Å². The lowest BCUT2D eigenvalue weighted by molar-refractivity contribution is 0.0998. The van der Waals surface area contributed by atoms with Crippen LogP contribution in [0.25, 0.3) is 11.0 Å². The van der Waals surface area contributed by atoms with Crippen LogP contribution >= 0.6 is 0 Å². The van der Waals surface area contributed by atoms with Crippen LogP contribution in [0.3, 0.4) is 0 Å². The maximum absolute atomic E-state index is 13.0. The fraction of sp³-hybridized carbons (Fsp3) is 0.0500. The summed E-state index contributed by atoms with van der Waals surface area (Å²) in [4.78, 5) is 20.2. The number of carbonyl (C=O) groups excluding carboxylic acids is 1. The second-order valence-electron chi connectivity index (χ2n) is 5.82. The number of ketones is 1. The standard InChI is InChI=1S/C20H13FN2O3/c21-14-5-2-12(3-6-14)10-13-4-7-16-15(11-13)17(24)19(26-16)18(25)20-22-8-1-9-23-20/h1-9,11,24H,10H2. The van der Waals surface area contributed by atoms with Crippen LogP contribution in [0.5, 0.6) is 5.75 Å². The Morgan fingerprint density at radius 3 is 2.46 bits per heavy atom. The average Bonchev–Trinajstić information content (AvgIpc) is 3.00. The smallest absolute Gasteiger partial charge is 0.269 e. The molecule has 0 aliphatic carbocycles. The van der Waals surface area contributed by atoms with Crippen molar-refractivity contribution in [3.63, 3.8) is 0 Å². The molecule has 0 saturated heterocycles. The lowest BCUT2D eigenvalue weighted by Gasteiger charge is -2.02. The highest BCUT2D eigenvalue weighted by molar-refractivity contribution is 6.09. The van der Waals surface area contributed by atoms with Gasteiger partial charge in [-0.1, -0.05) is 18.2 Å².